The summed E-state index contributed by atoms with van der Waals surface area (Å²) in [7, 11) is 1.66. The molecule has 1 aliphatic rings. The molecule has 1 saturated heterocycles. The SMILES string of the molecule is COc1cccc(C2CCCCN2C(=O)Cc2nonc2C)c1. The van der Waals surface area contributed by atoms with E-state index < -0.39 is 0 Å². The van der Waals surface area contributed by atoms with E-state index in [0.29, 0.717) is 11.4 Å². The second-order valence-electron chi connectivity index (χ2n) is 5.85. The fourth-order valence-corrected chi connectivity index (χ4v) is 3.08. The average Bonchev–Trinajstić information content (AvgIpc) is 2.99. The summed E-state index contributed by atoms with van der Waals surface area (Å²) in [4.78, 5) is 14.7. The van der Waals surface area contributed by atoms with Gasteiger partial charge in [0, 0.05) is 6.54 Å². The van der Waals surface area contributed by atoms with Gasteiger partial charge in [0.2, 0.25) is 5.91 Å². The third kappa shape index (κ3) is 3.36. The molecular formula is C17H21N3O3. The van der Waals surface area contributed by atoms with Gasteiger partial charge in [0.15, 0.2) is 0 Å². The first kappa shape index (κ1) is 15.5. The van der Waals surface area contributed by atoms with E-state index in [2.05, 4.69) is 21.0 Å². The maximum atomic E-state index is 12.7. The molecule has 1 amide bonds. The maximum absolute atomic E-state index is 12.7. The number of carbonyl (C=O) groups excluding carboxylic acids is 1. The van der Waals surface area contributed by atoms with E-state index in [1.807, 2.05) is 23.1 Å². The Morgan fingerprint density at radius 3 is 3.00 bits per heavy atom. The molecule has 1 fully saturated rings. The number of methoxy groups -OCH3 is 1. The summed E-state index contributed by atoms with van der Waals surface area (Å²) in [6.45, 7) is 2.57. The molecule has 0 saturated carbocycles. The van der Waals surface area contributed by atoms with Crippen molar-refractivity contribution in [2.24, 2.45) is 0 Å². The Kier molecular flexibility index (Phi) is 4.60. The Morgan fingerprint density at radius 2 is 2.26 bits per heavy atom. The van der Waals surface area contributed by atoms with Crippen LogP contribution < -0.4 is 4.74 Å². The van der Waals surface area contributed by atoms with Gasteiger partial charge in [-0.25, -0.2) is 4.63 Å². The molecule has 0 aliphatic carbocycles. The van der Waals surface area contributed by atoms with Crippen LogP contribution in [0.1, 0.15) is 42.3 Å². The third-order valence-corrected chi connectivity index (χ3v) is 4.37. The monoisotopic (exact) mass is 315 g/mol. The van der Waals surface area contributed by atoms with Crippen molar-refractivity contribution < 1.29 is 14.2 Å². The number of aryl methyl sites for hydroxylation is 1. The molecule has 1 aromatic carbocycles. The lowest BCUT2D eigenvalue weighted by Crippen LogP contribution is -2.39. The second kappa shape index (κ2) is 6.81. The molecule has 23 heavy (non-hydrogen) atoms. The van der Waals surface area contributed by atoms with Gasteiger partial charge in [-0.15, -0.1) is 0 Å². The van der Waals surface area contributed by atoms with Crippen molar-refractivity contribution in [2.75, 3.05) is 13.7 Å². The largest absolute Gasteiger partial charge is 0.497 e. The summed E-state index contributed by atoms with van der Waals surface area (Å²) in [5.74, 6) is 0.883. The van der Waals surface area contributed by atoms with Gasteiger partial charge in [0.25, 0.3) is 0 Å². The van der Waals surface area contributed by atoms with E-state index in [4.69, 9.17) is 4.74 Å². The summed E-state index contributed by atoms with van der Waals surface area (Å²) >= 11 is 0. The highest BCUT2D eigenvalue weighted by molar-refractivity contribution is 5.79. The van der Waals surface area contributed by atoms with Crippen LogP contribution in [-0.2, 0) is 11.2 Å². The van der Waals surface area contributed by atoms with Crippen molar-refractivity contribution in [3.8, 4) is 5.75 Å². The summed E-state index contributed by atoms with van der Waals surface area (Å²) in [5, 5.41) is 7.56. The van der Waals surface area contributed by atoms with Gasteiger partial charge in [-0.2, -0.15) is 0 Å². The molecule has 0 spiro atoms. The number of hydrogen-bond donors (Lipinski definition) is 0. The molecule has 0 radical (unpaired) electrons. The highest BCUT2D eigenvalue weighted by Gasteiger charge is 2.29. The Labute approximate surface area is 135 Å². The Morgan fingerprint density at radius 1 is 1.39 bits per heavy atom. The summed E-state index contributed by atoms with van der Waals surface area (Å²) in [6.07, 6.45) is 3.35. The van der Waals surface area contributed by atoms with Gasteiger partial charge >= 0.3 is 0 Å². The van der Waals surface area contributed by atoms with Gasteiger partial charge < -0.3 is 9.64 Å². The number of nitrogens with zero attached hydrogens (tertiary/aromatic N) is 3. The quantitative estimate of drug-likeness (QED) is 0.867. The first-order valence-corrected chi connectivity index (χ1v) is 7.90. The van der Waals surface area contributed by atoms with Crippen LogP contribution in [0.3, 0.4) is 0 Å². The van der Waals surface area contributed by atoms with E-state index in [9.17, 15) is 4.79 Å². The number of carbonyl (C=O) groups is 1. The summed E-state index contributed by atoms with van der Waals surface area (Å²) in [6, 6.07) is 8.05. The zero-order chi connectivity index (χ0) is 16.2. The minimum Gasteiger partial charge on any atom is -0.497 e. The Balaban J connectivity index is 1.80. The van der Waals surface area contributed by atoms with E-state index in [1.54, 1.807) is 14.0 Å². The van der Waals surface area contributed by atoms with Gasteiger partial charge in [-0.1, -0.05) is 22.4 Å². The molecule has 2 aromatic rings. The molecule has 1 aromatic heterocycles. The van der Waals surface area contributed by atoms with E-state index in [0.717, 1.165) is 37.1 Å². The van der Waals surface area contributed by atoms with Gasteiger partial charge in [-0.05, 0) is 43.9 Å². The van der Waals surface area contributed by atoms with Crippen molar-refractivity contribution >= 4 is 5.91 Å². The lowest BCUT2D eigenvalue weighted by Gasteiger charge is -2.36. The molecule has 1 aliphatic heterocycles. The average molecular weight is 315 g/mol. The number of aromatic nitrogens is 2. The third-order valence-electron chi connectivity index (χ3n) is 4.37. The number of ether oxygens (including phenoxy) is 1. The number of piperidine rings is 1. The fourth-order valence-electron chi connectivity index (χ4n) is 3.08. The fraction of sp³-hybridized carbons (Fsp3) is 0.471. The second-order valence-corrected chi connectivity index (χ2v) is 5.85. The Hall–Kier alpha value is -2.37. The minimum absolute atomic E-state index is 0.0660. The maximum Gasteiger partial charge on any atom is 0.229 e. The molecule has 0 N–H and O–H groups in total. The van der Waals surface area contributed by atoms with E-state index in [1.165, 1.54) is 0 Å². The van der Waals surface area contributed by atoms with Crippen LogP contribution in [0.25, 0.3) is 0 Å². The van der Waals surface area contributed by atoms with Crippen molar-refractivity contribution in [2.45, 2.75) is 38.6 Å². The van der Waals surface area contributed by atoms with Crippen LogP contribution in [0.5, 0.6) is 5.75 Å². The normalized spacial score (nSPS) is 18.0. The molecule has 1 atom stereocenters. The van der Waals surface area contributed by atoms with E-state index >= 15 is 0 Å². The molecule has 0 bridgehead atoms. The molecule has 6 heteroatoms. The predicted molar refractivity (Wildman–Crippen MR) is 84.0 cm³/mol. The standard InChI is InChI=1S/C17H21N3O3/c1-12-15(19-23-18-12)11-17(21)20-9-4-3-8-16(20)13-6-5-7-14(10-13)22-2/h5-7,10,16H,3-4,8-9,11H2,1-2H3. The highest BCUT2D eigenvalue weighted by Crippen LogP contribution is 2.33. The van der Waals surface area contributed by atoms with Crippen LogP contribution in [0, 0.1) is 6.92 Å². The zero-order valence-corrected chi connectivity index (χ0v) is 13.5. The zero-order valence-electron chi connectivity index (χ0n) is 13.5. The number of hydrogen-bond acceptors (Lipinski definition) is 5. The van der Waals surface area contributed by atoms with Gasteiger partial charge in [-0.3, -0.25) is 4.79 Å². The number of likely N-dealkylation sites (tertiary alicyclic amines) is 1. The lowest BCUT2D eigenvalue weighted by molar-refractivity contribution is -0.134. The summed E-state index contributed by atoms with van der Waals surface area (Å²) in [5.41, 5.74) is 2.41. The first-order valence-electron chi connectivity index (χ1n) is 7.90. The highest BCUT2D eigenvalue weighted by atomic mass is 16.6. The number of rotatable bonds is 4. The topological polar surface area (TPSA) is 68.5 Å². The van der Waals surface area contributed by atoms with Crippen LogP contribution in [0.15, 0.2) is 28.9 Å². The lowest BCUT2D eigenvalue weighted by atomic mass is 9.94. The first-order chi connectivity index (χ1) is 11.2. The molecule has 2 heterocycles. The predicted octanol–water partition coefficient (Wildman–Crippen LogP) is 2.68. The van der Waals surface area contributed by atoms with Crippen LogP contribution >= 0.6 is 0 Å². The number of benzene rings is 1. The van der Waals surface area contributed by atoms with Crippen LogP contribution in [0.2, 0.25) is 0 Å². The number of amides is 1. The van der Waals surface area contributed by atoms with Crippen molar-refractivity contribution in [1.82, 2.24) is 15.2 Å². The van der Waals surface area contributed by atoms with Crippen LogP contribution in [-0.4, -0.2) is 34.8 Å². The molecule has 6 nitrogen and oxygen atoms in total. The molecular weight excluding hydrogens is 294 g/mol. The molecule has 1 unspecified atom stereocenters. The molecule has 122 valence electrons. The van der Waals surface area contributed by atoms with Crippen molar-refractivity contribution in [3.63, 3.8) is 0 Å². The van der Waals surface area contributed by atoms with Gasteiger partial charge in [0.05, 0.1) is 19.6 Å². The van der Waals surface area contributed by atoms with Crippen molar-refractivity contribution in [1.29, 1.82) is 0 Å². The summed E-state index contributed by atoms with van der Waals surface area (Å²) < 4.78 is 10.00. The van der Waals surface area contributed by atoms with Crippen molar-refractivity contribution in [3.05, 3.63) is 41.2 Å². The Bertz CT molecular complexity index is 683. The smallest absolute Gasteiger partial charge is 0.229 e. The van der Waals surface area contributed by atoms with Gasteiger partial charge in [0.1, 0.15) is 17.1 Å². The van der Waals surface area contributed by atoms with E-state index in [-0.39, 0.29) is 18.4 Å². The van der Waals surface area contributed by atoms with Crippen LogP contribution in [0.4, 0.5) is 0 Å². The minimum atomic E-state index is 0.0660. The molecule has 3 rings (SSSR count).